The molecule has 0 aromatic carbocycles. The first kappa shape index (κ1) is 17.5. The summed E-state index contributed by atoms with van der Waals surface area (Å²) in [6.07, 6.45) is 4.30. The largest absolute Gasteiger partial charge is 0.444 e. The van der Waals surface area contributed by atoms with Crippen molar-refractivity contribution in [1.29, 1.82) is 0 Å². The summed E-state index contributed by atoms with van der Waals surface area (Å²) >= 11 is 0. The number of nitrogens with zero attached hydrogens (tertiary/aromatic N) is 2. The van der Waals surface area contributed by atoms with Crippen LogP contribution in [0.1, 0.15) is 59.8 Å². The third kappa shape index (κ3) is 3.13. The van der Waals surface area contributed by atoms with Crippen LogP contribution in [0.3, 0.4) is 0 Å². The van der Waals surface area contributed by atoms with Crippen molar-refractivity contribution in [2.45, 2.75) is 77.0 Å². The zero-order valence-corrected chi connectivity index (χ0v) is 15.4. The number of hydrogen-bond donors (Lipinski definition) is 1. The second kappa shape index (κ2) is 5.61. The molecule has 24 heavy (non-hydrogen) atoms. The Morgan fingerprint density at radius 2 is 1.75 bits per heavy atom. The topological polar surface area (TPSA) is 75.9 Å². The maximum absolute atomic E-state index is 13.2. The number of rotatable bonds is 1. The van der Waals surface area contributed by atoms with Crippen LogP contribution >= 0.6 is 0 Å². The van der Waals surface area contributed by atoms with Gasteiger partial charge in [0.05, 0.1) is 5.41 Å². The van der Waals surface area contributed by atoms with Crippen LogP contribution in [-0.4, -0.2) is 58.6 Å². The highest BCUT2D eigenvalue weighted by Crippen LogP contribution is 2.56. The Labute approximate surface area is 144 Å². The Bertz CT molecular complexity index is 532. The van der Waals surface area contributed by atoms with E-state index < -0.39 is 5.60 Å². The van der Waals surface area contributed by atoms with E-state index in [0.29, 0.717) is 19.6 Å². The van der Waals surface area contributed by atoms with Gasteiger partial charge in [-0.3, -0.25) is 4.79 Å². The normalized spacial score (nSPS) is 36.1. The molecular weight excluding hydrogens is 306 g/mol. The first-order valence-electron chi connectivity index (χ1n) is 9.12. The van der Waals surface area contributed by atoms with Gasteiger partial charge in [-0.25, -0.2) is 4.79 Å². The van der Waals surface area contributed by atoms with Crippen LogP contribution in [-0.2, 0) is 9.53 Å². The minimum absolute atomic E-state index is 0.0153. The molecule has 0 radical (unpaired) electrons. The van der Waals surface area contributed by atoms with Crippen molar-refractivity contribution < 1.29 is 14.3 Å². The number of ether oxygens (including phenoxy) is 1. The monoisotopic (exact) mass is 337 g/mol. The van der Waals surface area contributed by atoms with E-state index in [0.717, 1.165) is 32.1 Å². The molecule has 3 fully saturated rings. The molecule has 3 rings (SSSR count). The number of piperazine rings is 1. The third-order valence-corrected chi connectivity index (χ3v) is 5.89. The van der Waals surface area contributed by atoms with E-state index in [1.54, 1.807) is 4.90 Å². The summed E-state index contributed by atoms with van der Waals surface area (Å²) in [5.41, 5.74) is 5.52. The molecule has 2 aliphatic carbocycles. The summed E-state index contributed by atoms with van der Waals surface area (Å²) < 4.78 is 5.45. The number of hydrogen-bond acceptors (Lipinski definition) is 4. The van der Waals surface area contributed by atoms with E-state index >= 15 is 0 Å². The fraction of sp³-hybridized carbons (Fsp3) is 0.889. The molecule has 2 bridgehead atoms. The Morgan fingerprint density at radius 3 is 2.21 bits per heavy atom. The molecule has 0 aromatic heterocycles. The maximum Gasteiger partial charge on any atom is 0.410 e. The molecule has 136 valence electrons. The van der Waals surface area contributed by atoms with E-state index in [-0.39, 0.29) is 29.0 Å². The smallest absolute Gasteiger partial charge is 0.410 e. The minimum atomic E-state index is -0.496. The average Bonchev–Trinajstić information content (AvgIpc) is 2.99. The van der Waals surface area contributed by atoms with Gasteiger partial charge in [-0.15, -0.1) is 0 Å². The third-order valence-electron chi connectivity index (χ3n) is 5.89. The van der Waals surface area contributed by atoms with Crippen molar-refractivity contribution in [2.24, 2.45) is 11.1 Å². The summed E-state index contributed by atoms with van der Waals surface area (Å²) in [6.45, 7) is 9.27. The molecule has 2 amide bonds. The molecule has 1 atom stereocenters. The van der Waals surface area contributed by atoms with Crippen molar-refractivity contribution in [1.82, 2.24) is 9.80 Å². The Kier molecular flexibility index (Phi) is 4.10. The van der Waals surface area contributed by atoms with Crippen LogP contribution in [0, 0.1) is 5.41 Å². The van der Waals surface area contributed by atoms with Crippen LogP contribution in [0.15, 0.2) is 0 Å². The van der Waals surface area contributed by atoms with Gasteiger partial charge in [0, 0.05) is 31.2 Å². The number of fused-ring (bicyclic) bond motifs is 2. The molecule has 1 saturated heterocycles. The lowest BCUT2D eigenvalue weighted by Crippen LogP contribution is -2.58. The summed E-state index contributed by atoms with van der Waals surface area (Å²) in [7, 11) is 0. The molecule has 0 spiro atoms. The fourth-order valence-electron chi connectivity index (χ4n) is 4.60. The van der Waals surface area contributed by atoms with Crippen molar-refractivity contribution in [3.8, 4) is 0 Å². The number of carbonyl (C=O) groups excluding carboxylic acids is 2. The molecule has 3 aliphatic rings. The van der Waals surface area contributed by atoms with Gasteiger partial charge in [-0.1, -0.05) is 0 Å². The zero-order valence-electron chi connectivity index (χ0n) is 15.4. The molecular formula is C18H31N3O3. The SMILES string of the molecule is CC1CN(C(=O)OC(C)(C)C)CCN1C(=O)C12CCC(N)(CC1)C2. The van der Waals surface area contributed by atoms with Gasteiger partial charge in [0.1, 0.15) is 5.60 Å². The Balaban J connectivity index is 1.62. The van der Waals surface area contributed by atoms with Gasteiger partial charge in [-0.05, 0) is 59.8 Å². The predicted molar refractivity (Wildman–Crippen MR) is 91.4 cm³/mol. The van der Waals surface area contributed by atoms with Crippen LogP contribution in [0.4, 0.5) is 4.79 Å². The predicted octanol–water partition coefficient (Wildman–Crippen LogP) is 2.12. The summed E-state index contributed by atoms with van der Waals surface area (Å²) in [4.78, 5) is 29.1. The molecule has 1 aliphatic heterocycles. The lowest BCUT2D eigenvalue weighted by Gasteiger charge is -2.43. The van der Waals surface area contributed by atoms with Crippen molar-refractivity contribution in [2.75, 3.05) is 19.6 Å². The summed E-state index contributed by atoms with van der Waals surface area (Å²) in [5, 5.41) is 0. The molecule has 2 saturated carbocycles. The number of nitrogens with two attached hydrogens (primary N) is 1. The molecule has 2 N–H and O–H groups in total. The van der Waals surface area contributed by atoms with Crippen LogP contribution in [0.2, 0.25) is 0 Å². The Hall–Kier alpha value is -1.30. The van der Waals surface area contributed by atoms with Gasteiger partial charge < -0.3 is 20.3 Å². The molecule has 6 nitrogen and oxygen atoms in total. The lowest BCUT2D eigenvalue weighted by atomic mass is 9.82. The van der Waals surface area contributed by atoms with Gasteiger partial charge in [0.2, 0.25) is 5.91 Å². The van der Waals surface area contributed by atoms with E-state index in [4.69, 9.17) is 10.5 Å². The fourth-order valence-corrected chi connectivity index (χ4v) is 4.60. The molecule has 0 aromatic rings. The van der Waals surface area contributed by atoms with Crippen LogP contribution in [0.5, 0.6) is 0 Å². The maximum atomic E-state index is 13.2. The van der Waals surface area contributed by atoms with E-state index in [2.05, 4.69) is 0 Å². The molecule has 6 heteroatoms. The second-order valence-electron chi connectivity index (χ2n) is 9.09. The van der Waals surface area contributed by atoms with Crippen molar-refractivity contribution in [3.63, 3.8) is 0 Å². The Morgan fingerprint density at radius 1 is 1.12 bits per heavy atom. The standard InChI is InChI=1S/C18H31N3O3/c1-13-11-20(15(23)24-16(2,3)4)9-10-21(13)14(22)17-5-7-18(19,12-17)8-6-17/h13H,5-12,19H2,1-4H3. The average molecular weight is 337 g/mol. The van der Waals surface area contributed by atoms with E-state index in [1.165, 1.54) is 0 Å². The molecule has 1 heterocycles. The second-order valence-corrected chi connectivity index (χ2v) is 9.09. The number of carbonyl (C=O) groups is 2. The highest BCUT2D eigenvalue weighted by molar-refractivity contribution is 5.84. The quantitative estimate of drug-likeness (QED) is 0.795. The van der Waals surface area contributed by atoms with Gasteiger partial charge in [0.25, 0.3) is 0 Å². The van der Waals surface area contributed by atoms with Gasteiger partial charge in [0.15, 0.2) is 0 Å². The van der Waals surface area contributed by atoms with Crippen molar-refractivity contribution >= 4 is 12.0 Å². The van der Waals surface area contributed by atoms with Gasteiger partial charge >= 0.3 is 6.09 Å². The highest BCUT2D eigenvalue weighted by atomic mass is 16.6. The lowest BCUT2D eigenvalue weighted by molar-refractivity contribution is -0.146. The van der Waals surface area contributed by atoms with E-state index in [1.807, 2.05) is 32.6 Å². The van der Waals surface area contributed by atoms with Gasteiger partial charge in [-0.2, -0.15) is 0 Å². The highest BCUT2D eigenvalue weighted by Gasteiger charge is 2.57. The minimum Gasteiger partial charge on any atom is -0.444 e. The van der Waals surface area contributed by atoms with Crippen molar-refractivity contribution in [3.05, 3.63) is 0 Å². The summed E-state index contributed by atoms with van der Waals surface area (Å²) in [5.74, 6) is 0.253. The zero-order chi connectivity index (χ0) is 17.8. The first-order valence-corrected chi connectivity index (χ1v) is 9.12. The first-order chi connectivity index (χ1) is 11.0. The summed E-state index contributed by atoms with van der Waals surface area (Å²) in [6, 6.07) is 0.0153. The van der Waals surface area contributed by atoms with E-state index in [9.17, 15) is 9.59 Å². The van der Waals surface area contributed by atoms with Crippen LogP contribution < -0.4 is 5.73 Å². The molecule has 1 unspecified atom stereocenters. The van der Waals surface area contributed by atoms with Crippen LogP contribution in [0.25, 0.3) is 0 Å². The number of amides is 2.